The lowest BCUT2D eigenvalue weighted by Crippen LogP contribution is -2.28. The summed E-state index contributed by atoms with van der Waals surface area (Å²) < 4.78 is 49.0. The first-order valence-electron chi connectivity index (χ1n) is 8.74. The van der Waals surface area contributed by atoms with E-state index in [4.69, 9.17) is 18.9 Å². The number of aliphatic hydroxyl groups is 1. The normalized spacial score (nSPS) is 14.8. The second kappa shape index (κ2) is 8.68. The molecule has 1 atom stereocenters. The first-order chi connectivity index (χ1) is 13.4. The van der Waals surface area contributed by atoms with Crippen molar-refractivity contribution < 1.29 is 32.5 Å². The van der Waals surface area contributed by atoms with Crippen LogP contribution in [0.5, 0.6) is 23.0 Å². The summed E-state index contributed by atoms with van der Waals surface area (Å²) in [5.41, 5.74) is 0.499. The van der Waals surface area contributed by atoms with Gasteiger partial charge < -0.3 is 24.1 Å². The van der Waals surface area contributed by atoms with Gasteiger partial charge in [0.05, 0.1) is 38.4 Å². The molecule has 28 heavy (non-hydrogen) atoms. The second-order valence-electron chi connectivity index (χ2n) is 6.14. The lowest BCUT2D eigenvalue weighted by Gasteiger charge is -2.15. The van der Waals surface area contributed by atoms with Crippen LogP contribution in [0.4, 0.5) is 0 Å². The number of sulfonamides is 1. The van der Waals surface area contributed by atoms with Gasteiger partial charge in [-0.05, 0) is 29.8 Å². The number of fused-ring (bicyclic) bond motifs is 1. The van der Waals surface area contributed by atoms with E-state index in [1.807, 2.05) is 0 Å². The van der Waals surface area contributed by atoms with Crippen LogP contribution in [0, 0.1) is 0 Å². The van der Waals surface area contributed by atoms with E-state index in [0.29, 0.717) is 41.8 Å². The molecule has 0 amide bonds. The summed E-state index contributed by atoms with van der Waals surface area (Å²) >= 11 is 0. The molecule has 0 aromatic heterocycles. The minimum Gasteiger partial charge on any atom is -0.493 e. The third kappa shape index (κ3) is 4.49. The monoisotopic (exact) mass is 409 g/mol. The lowest BCUT2D eigenvalue weighted by atomic mass is 10.1. The average Bonchev–Trinajstić information content (AvgIpc) is 2.96. The molecule has 2 aromatic carbocycles. The van der Waals surface area contributed by atoms with Crippen molar-refractivity contribution in [3.63, 3.8) is 0 Å². The molecule has 0 aliphatic carbocycles. The molecule has 152 valence electrons. The average molecular weight is 409 g/mol. The third-order valence-corrected chi connectivity index (χ3v) is 5.71. The molecular formula is C19H23NO7S. The number of rotatable bonds is 7. The fraction of sp³-hybridized carbons (Fsp3) is 0.368. The molecule has 0 radical (unpaired) electrons. The fourth-order valence-electron chi connectivity index (χ4n) is 2.76. The summed E-state index contributed by atoms with van der Waals surface area (Å²) in [6.45, 7) is 0.781. The van der Waals surface area contributed by atoms with Crippen LogP contribution in [-0.4, -0.2) is 47.5 Å². The molecule has 1 heterocycles. The first kappa shape index (κ1) is 20.2. The van der Waals surface area contributed by atoms with Crippen LogP contribution in [0.2, 0.25) is 0 Å². The molecule has 0 spiro atoms. The molecule has 8 nitrogen and oxygen atoms in total. The highest BCUT2D eigenvalue weighted by Gasteiger charge is 2.21. The standard InChI is InChI=1S/C19H23NO7S/c1-24-16-6-4-13(10-18(16)25-2)15(21)12-20-28(22,23)14-5-7-17-19(11-14)27-9-3-8-26-17/h4-7,10-11,15,20-21H,3,8-9,12H2,1-2H3. The summed E-state index contributed by atoms with van der Waals surface area (Å²) in [5, 5.41) is 10.4. The van der Waals surface area contributed by atoms with Crippen LogP contribution >= 0.6 is 0 Å². The Morgan fingerprint density at radius 1 is 1.04 bits per heavy atom. The zero-order valence-electron chi connectivity index (χ0n) is 15.7. The summed E-state index contributed by atoms with van der Waals surface area (Å²) in [7, 11) is -0.840. The summed E-state index contributed by atoms with van der Waals surface area (Å²) in [6.07, 6.45) is -0.331. The Kier molecular flexibility index (Phi) is 6.28. The van der Waals surface area contributed by atoms with Gasteiger partial charge in [-0.3, -0.25) is 0 Å². The Bertz CT molecular complexity index is 930. The lowest BCUT2D eigenvalue weighted by molar-refractivity contribution is 0.181. The Morgan fingerprint density at radius 3 is 2.46 bits per heavy atom. The predicted molar refractivity (Wildman–Crippen MR) is 102 cm³/mol. The van der Waals surface area contributed by atoms with Crippen molar-refractivity contribution >= 4 is 10.0 Å². The topological polar surface area (TPSA) is 103 Å². The molecular weight excluding hydrogens is 386 g/mol. The van der Waals surface area contributed by atoms with Crippen LogP contribution in [0.1, 0.15) is 18.1 Å². The van der Waals surface area contributed by atoms with E-state index in [1.165, 1.54) is 26.4 Å². The molecule has 0 bridgehead atoms. The molecule has 0 saturated carbocycles. The van der Waals surface area contributed by atoms with Crippen LogP contribution in [-0.2, 0) is 10.0 Å². The molecule has 2 aromatic rings. The molecule has 1 aliphatic heterocycles. The smallest absolute Gasteiger partial charge is 0.240 e. The molecule has 2 N–H and O–H groups in total. The van der Waals surface area contributed by atoms with Crippen molar-refractivity contribution in [1.29, 1.82) is 0 Å². The second-order valence-corrected chi connectivity index (χ2v) is 7.91. The van der Waals surface area contributed by atoms with Gasteiger partial charge in [-0.15, -0.1) is 0 Å². The van der Waals surface area contributed by atoms with Crippen molar-refractivity contribution in [2.24, 2.45) is 0 Å². The predicted octanol–water partition coefficient (Wildman–Crippen LogP) is 1.88. The van der Waals surface area contributed by atoms with Crippen molar-refractivity contribution in [2.45, 2.75) is 17.4 Å². The minimum absolute atomic E-state index is 0.0382. The van der Waals surface area contributed by atoms with Gasteiger partial charge in [-0.1, -0.05) is 6.07 Å². The molecule has 0 saturated heterocycles. The quantitative estimate of drug-likeness (QED) is 0.720. The largest absolute Gasteiger partial charge is 0.493 e. The Morgan fingerprint density at radius 2 is 1.75 bits per heavy atom. The van der Waals surface area contributed by atoms with E-state index in [2.05, 4.69) is 4.72 Å². The van der Waals surface area contributed by atoms with E-state index in [0.717, 1.165) is 6.42 Å². The maximum absolute atomic E-state index is 12.6. The minimum atomic E-state index is -3.84. The zero-order valence-corrected chi connectivity index (χ0v) is 16.5. The van der Waals surface area contributed by atoms with Gasteiger partial charge >= 0.3 is 0 Å². The fourth-order valence-corrected chi connectivity index (χ4v) is 3.81. The maximum atomic E-state index is 12.6. The van der Waals surface area contributed by atoms with Gasteiger partial charge in [-0.2, -0.15) is 0 Å². The highest BCUT2D eigenvalue weighted by atomic mass is 32.2. The van der Waals surface area contributed by atoms with Crippen molar-refractivity contribution in [1.82, 2.24) is 4.72 Å². The summed E-state index contributed by atoms with van der Waals surface area (Å²) in [6, 6.07) is 9.33. The SMILES string of the molecule is COc1ccc(C(O)CNS(=O)(=O)c2ccc3c(c2)OCCCO3)cc1OC. The highest BCUT2D eigenvalue weighted by Crippen LogP contribution is 2.32. The van der Waals surface area contributed by atoms with Crippen LogP contribution in [0.3, 0.4) is 0 Å². The number of aliphatic hydroxyl groups excluding tert-OH is 1. The van der Waals surface area contributed by atoms with Gasteiger partial charge in [0.1, 0.15) is 0 Å². The van der Waals surface area contributed by atoms with Crippen LogP contribution in [0.25, 0.3) is 0 Å². The van der Waals surface area contributed by atoms with E-state index < -0.39 is 16.1 Å². The molecule has 1 aliphatic rings. The van der Waals surface area contributed by atoms with E-state index >= 15 is 0 Å². The molecule has 3 rings (SSSR count). The third-order valence-electron chi connectivity index (χ3n) is 4.29. The van der Waals surface area contributed by atoms with Gasteiger partial charge in [0.2, 0.25) is 10.0 Å². The van der Waals surface area contributed by atoms with Gasteiger partial charge in [0, 0.05) is 19.0 Å². The van der Waals surface area contributed by atoms with Crippen LogP contribution < -0.4 is 23.7 Å². The maximum Gasteiger partial charge on any atom is 0.240 e. The van der Waals surface area contributed by atoms with Gasteiger partial charge in [0.15, 0.2) is 23.0 Å². The molecule has 1 unspecified atom stereocenters. The number of hydrogen-bond donors (Lipinski definition) is 2. The van der Waals surface area contributed by atoms with Crippen molar-refractivity contribution in [3.05, 3.63) is 42.0 Å². The first-order valence-corrected chi connectivity index (χ1v) is 10.2. The Balaban J connectivity index is 1.72. The Labute approximate surface area is 164 Å². The van der Waals surface area contributed by atoms with E-state index in [9.17, 15) is 13.5 Å². The number of ether oxygens (including phenoxy) is 4. The number of methoxy groups -OCH3 is 2. The van der Waals surface area contributed by atoms with Gasteiger partial charge in [-0.25, -0.2) is 13.1 Å². The molecule has 9 heteroatoms. The number of benzene rings is 2. The Hall–Kier alpha value is -2.49. The molecule has 0 fully saturated rings. The number of hydrogen-bond acceptors (Lipinski definition) is 7. The number of nitrogens with one attached hydrogen (secondary N) is 1. The van der Waals surface area contributed by atoms with Crippen LogP contribution in [0.15, 0.2) is 41.3 Å². The van der Waals surface area contributed by atoms with E-state index in [1.54, 1.807) is 24.3 Å². The van der Waals surface area contributed by atoms with E-state index in [-0.39, 0.29) is 11.4 Å². The summed E-state index contributed by atoms with van der Waals surface area (Å²) in [5.74, 6) is 1.87. The summed E-state index contributed by atoms with van der Waals surface area (Å²) in [4.78, 5) is 0.0382. The van der Waals surface area contributed by atoms with Crippen molar-refractivity contribution in [3.8, 4) is 23.0 Å². The van der Waals surface area contributed by atoms with Crippen molar-refractivity contribution in [2.75, 3.05) is 34.0 Å². The highest BCUT2D eigenvalue weighted by molar-refractivity contribution is 7.89. The van der Waals surface area contributed by atoms with Gasteiger partial charge in [0.25, 0.3) is 0 Å². The zero-order chi connectivity index (χ0) is 20.1.